The van der Waals surface area contributed by atoms with Crippen LogP contribution >= 0.6 is 0 Å². The van der Waals surface area contributed by atoms with Crippen molar-refractivity contribution in [3.63, 3.8) is 0 Å². The Bertz CT molecular complexity index is 328. The molecule has 0 aromatic heterocycles. The van der Waals surface area contributed by atoms with Gasteiger partial charge in [0.15, 0.2) is 0 Å². The molecule has 0 saturated carbocycles. The van der Waals surface area contributed by atoms with Gasteiger partial charge in [-0.05, 0) is 17.7 Å². The van der Waals surface area contributed by atoms with E-state index in [9.17, 15) is 0 Å². The zero-order chi connectivity index (χ0) is 10.1. The van der Waals surface area contributed by atoms with Gasteiger partial charge in [-0.2, -0.15) is 0 Å². The highest BCUT2D eigenvalue weighted by atomic mass is 16.6. The first-order valence-corrected chi connectivity index (χ1v) is 5.49. The molecule has 0 radical (unpaired) electrons. The Morgan fingerprint density at radius 3 is 2.47 bits per heavy atom. The minimum absolute atomic E-state index is 0.339. The highest BCUT2D eigenvalue weighted by Gasteiger charge is 2.22. The van der Waals surface area contributed by atoms with Gasteiger partial charge in [0.2, 0.25) is 0 Å². The lowest BCUT2D eigenvalue weighted by Crippen LogP contribution is -2.18. The van der Waals surface area contributed by atoms with E-state index in [4.69, 9.17) is 9.47 Å². The number of hydrogen-bond acceptors (Lipinski definition) is 3. The Hall–Kier alpha value is -1.06. The van der Waals surface area contributed by atoms with Crippen LogP contribution in [-0.2, 0) is 9.47 Å². The van der Waals surface area contributed by atoms with E-state index >= 15 is 0 Å². The fourth-order valence-electron chi connectivity index (χ4n) is 1.73. The monoisotopic (exact) mass is 205 g/mol. The summed E-state index contributed by atoms with van der Waals surface area (Å²) in [7, 11) is 0. The molecule has 0 amide bonds. The van der Waals surface area contributed by atoms with Crippen molar-refractivity contribution < 1.29 is 9.47 Å². The van der Waals surface area contributed by atoms with Crippen LogP contribution in [0.2, 0.25) is 0 Å². The van der Waals surface area contributed by atoms with E-state index in [1.807, 2.05) is 0 Å². The minimum Gasteiger partial charge on any atom is -0.382 e. The van der Waals surface area contributed by atoms with Crippen molar-refractivity contribution in [1.29, 1.82) is 0 Å². The predicted octanol–water partition coefficient (Wildman–Crippen LogP) is 1.96. The lowest BCUT2D eigenvalue weighted by molar-refractivity contribution is -0.0527. The molecule has 2 heterocycles. The van der Waals surface area contributed by atoms with E-state index in [0.717, 1.165) is 31.9 Å². The molecule has 0 bridgehead atoms. The van der Waals surface area contributed by atoms with E-state index in [-0.39, 0.29) is 0 Å². The Kier molecular flexibility index (Phi) is 2.35. The van der Waals surface area contributed by atoms with Gasteiger partial charge in [-0.3, -0.25) is 0 Å². The van der Waals surface area contributed by atoms with Crippen molar-refractivity contribution in [2.45, 2.75) is 18.6 Å². The standard InChI is InChI=1S/C12H15NO2/c1-3-10(13-7-11-8-15-11)4-2-9(1)12-5-6-14-12/h1-4,11-13H,5-8H2. The minimum atomic E-state index is 0.339. The van der Waals surface area contributed by atoms with Gasteiger partial charge in [0.1, 0.15) is 0 Å². The molecule has 2 saturated heterocycles. The molecular formula is C12H15NO2. The van der Waals surface area contributed by atoms with E-state index in [1.165, 1.54) is 5.56 Å². The molecule has 2 unspecified atom stereocenters. The molecule has 1 aromatic rings. The molecule has 0 aliphatic carbocycles. The largest absolute Gasteiger partial charge is 0.382 e. The van der Waals surface area contributed by atoms with Crippen molar-refractivity contribution in [3.8, 4) is 0 Å². The van der Waals surface area contributed by atoms with E-state index in [2.05, 4.69) is 29.6 Å². The summed E-state index contributed by atoms with van der Waals surface area (Å²) in [5.41, 5.74) is 2.45. The second-order valence-electron chi connectivity index (χ2n) is 4.11. The number of ether oxygens (including phenoxy) is 2. The molecule has 0 spiro atoms. The topological polar surface area (TPSA) is 33.8 Å². The molecule has 80 valence electrons. The maximum absolute atomic E-state index is 5.42. The highest BCUT2D eigenvalue weighted by Crippen LogP contribution is 2.29. The first-order valence-electron chi connectivity index (χ1n) is 5.49. The summed E-state index contributed by atoms with van der Waals surface area (Å²) in [6, 6.07) is 8.50. The summed E-state index contributed by atoms with van der Waals surface area (Å²) < 4.78 is 10.6. The number of epoxide rings is 1. The molecular weight excluding hydrogens is 190 g/mol. The van der Waals surface area contributed by atoms with E-state index < -0.39 is 0 Å². The van der Waals surface area contributed by atoms with Gasteiger partial charge in [-0.25, -0.2) is 0 Å². The first kappa shape index (κ1) is 9.19. The maximum Gasteiger partial charge on any atom is 0.0981 e. The summed E-state index contributed by atoms with van der Waals surface area (Å²) in [6.07, 6.45) is 1.92. The Morgan fingerprint density at radius 1 is 1.20 bits per heavy atom. The average Bonchev–Trinajstić information content (AvgIpc) is 2.98. The molecule has 2 fully saturated rings. The first-order chi connectivity index (χ1) is 7.42. The summed E-state index contributed by atoms with van der Waals surface area (Å²) in [4.78, 5) is 0. The molecule has 3 nitrogen and oxygen atoms in total. The quantitative estimate of drug-likeness (QED) is 0.763. The van der Waals surface area contributed by atoms with Gasteiger partial charge >= 0.3 is 0 Å². The third-order valence-corrected chi connectivity index (χ3v) is 2.92. The van der Waals surface area contributed by atoms with E-state index in [0.29, 0.717) is 12.2 Å². The number of rotatable bonds is 4. The van der Waals surface area contributed by atoms with E-state index in [1.54, 1.807) is 0 Å². The SMILES string of the molecule is c1cc(C2CCO2)ccc1NCC1CO1. The van der Waals surface area contributed by atoms with Crippen LogP contribution in [0.4, 0.5) is 5.69 Å². The lowest BCUT2D eigenvalue weighted by atomic mass is 10.0. The molecule has 2 atom stereocenters. The van der Waals surface area contributed by atoms with Crippen LogP contribution < -0.4 is 5.32 Å². The van der Waals surface area contributed by atoms with Gasteiger partial charge in [-0.15, -0.1) is 0 Å². The zero-order valence-electron chi connectivity index (χ0n) is 8.61. The lowest BCUT2D eigenvalue weighted by Gasteiger charge is -2.26. The van der Waals surface area contributed by atoms with Gasteiger partial charge in [0.05, 0.1) is 25.4 Å². The molecule has 1 N–H and O–H groups in total. The third-order valence-electron chi connectivity index (χ3n) is 2.92. The second kappa shape index (κ2) is 3.83. The van der Waals surface area contributed by atoms with Crippen LogP contribution in [0.25, 0.3) is 0 Å². The Balaban J connectivity index is 1.59. The van der Waals surface area contributed by atoms with Crippen LogP contribution in [0.3, 0.4) is 0 Å². The fourth-order valence-corrected chi connectivity index (χ4v) is 1.73. The molecule has 3 heteroatoms. The number of benzene rings is 1. The van der Waals surface area contributed by atoms with Crippen molar-refractivity contribution in [2.75, 3.05) is 25.1 Å². The van der Waals surface area contributed by atoms with Crippen molar-refractivity contribution in [1.82, 2.24) is 0 Å². The molecule has 2 aliphatic heterocycles. The normalized spacial score (nSPS) is 28.3. The Labute approximate surface area is 89.4 Å². The zero-order valence-corrected chi connectivity index (χ0v) is 8.61. The number of hydrogen-bond donors (Lipinski definition) is 1. The van der Waals surface area contributed by atoms with Crippen molar-refractivity contribution in [2.24, 2.45) is 0 Å². The fraction of sp³-hybridized carbons (Fsp3) is 0.500. The average molecular weight is 205 g/mol. The summed E-state index contributed by atoms with van der Waals surface area (Å²) in [5.74, 6) is 0. The van der Waals surface area contributed by atoms with Crippen LogP contribution in [0.5, 0.6) is 0 Å². The third kappa shape index (κ3) is 2.13. The summed E-state index contributed by atoms with van der Waals surface area (Å²) >= 11 is 0. The summed E-state index contributed by atoms with van der Waals surface area (Å²) in [6.45, 7) is 2.73. The van der Waals surface area contributed by atoms with Crippen molar-refractivity contribution in [3.05, 3.63) is 29.8 Å². The van der Waals surface area contributed by atoms with Gasteiger partial charge in [0, 0.05) is 18.7 Å². The summed E-state index contributed by atoms with van der Waals surface area (Å²) in [5, 5.41) is 3.34. The highest BCUT2D eigenvalue weighted by molar-refractivity contribution is 5.45. The van der Waals surface area contributed by atoms with Gasteiger partial charge in [0.25, 0.3) is 0 Å². The van der Waals surface area contributed by atoms with Gasteiger partial charge in [-0.1, -0.05) is 12.1 Å². The predicted molar refractivity (Wildman–Crippen MR) is 58.0 cm³/mol. The number of anilines is 1. The molecule has 3 rings (SSSR count). The van der Waals surface area contributed by atoms with Crippen LogP contribution in [0.15, 0.2) is 24.3 Å². The smallest absolute Gasteiger partial charge is 0.0981 e. The second-order valence-corrected chi connectivity index (χ2v) is 4.11. The van der Waals surface area contributed by atoms with Crippen LogP contribution in [0.1, 0.15) is 18.1 Å². The maximum atomic E-state index is 5.42. The molecule has 15 heavy (non-hydrogen) atoms. The molecule has 1 aromatic carbocycles. The van der Waals surface area contributed by atoms with Crippen molar-refractivity contribution >= 4 is 5.69 Å². The number of nitrogens with one attached hydrogen (secondary N) is 1. The van der Waals surface area contributed by atoms with Crippen LogP contribution in [0, 0.1) is 0 Å². The van der Waals surface area contributed by atoms with Crippen LogP contribution in [-0.4, -0.2) is 25.9 Å². The van der Waals surface area contributed by atoms with Gasteiger partial charge < -0.3 is 14.8 Å². The Morgan fingerprint density at radius 2 is 1.93 bits per heavy atom. The molecule has 2 aliphatic rings.